The molecule has 3 heterocycles. The molecule has 0 bridgehead atoms. The second kappa shape index (κ2) is 4.70. The van der Waals surface area contributed by atoms with Gasteiger partial charge in [-0.1, -0.05) is 0 Å². The lowest BCUT2D eigenvalue weighted by Crippen LogP contribution is -2.02. The molecule has 0 unspecified atom stereocenters. The molecular weight excluding hydrogens is 292 g/mol. The van der Waals surface area contributed by atoms with Gasteiger partial charge in [0, 0.05) is 17.8 Å². The van der Waals surface area contributed by atoms with Crippen molar-refractivity contribution in [3.05, 3.63) is 30.5 Å². The first-order valence-corrected chi connectivity index (χ1v) is 7.33. The molecule has 0 radical (unpaired) electrons. The van der Waals surface area contributed by atoms with E-state index >= 15 is 0 Å². The molecule has 0 atom stereocenters. The molecule has 0 aliphatic heterocycles. The van der Waals surface area contributed by atoms with Gasteiger partial charge >= 0.3 is 0 Å². The zero-order chi connectivity index (χ0) is 16.1. The van der Waals surface area contributed by atoms with Crippen molar-refractivity contribution in [2.75, 3.05) is 11.5 Å². The second-order valence-electron chi connectivity index (χ2n) is 5.71. The number of benzene rings is 1. The molecule has 0 aliphatic rings. The van der Waals surface area contributed by atoms with Crippen LogP contribution >= 0.6 is 0 Å². The summed E-state index contributed by atoms with van der Waals surface area (Å²) >= 11 is 0. The molecule has 3 aromatic heterocycles. The normalized spacial score (nSPS) is 11.8. The van der Waals surface area contributed by atoms with E-state index in [4.69, 9.17) is 21.0 Å². The highest BCUT2D eigenvalue weighted by molar-refractivity contribution is 6.01. The zero-order valence-corrected chi connectivity index (χ0v) is 12.8. The van der Waals surface area contributed by atoms with Crippen LogP contribution in [-0.2, 0) is 0 Å². The van der Waals surface area contributed by atoms with E-state index in [9.17, 15) is 0 Å². The van der Waals surface area contributed by atoms with Gasteiger partial charge in [-0.2, -0.15) is 10.1 Å². The maximum Gasteiger partial charge on any atom is 0.292 e. The third-order valence-corrected chi connectivity index (χ3v) is 3.82. The molecule has 4 N–H and O–H groups in total. The molecule has 7 heteroatoms. The zero-order valence-electron chi connectivity index (χ0n) is 12.8. The van der Waals surface area contributed by atoms with Gasteiger partial charge < -0.3 is 15.9 Å². The first-order chi connectivity index (χ1) is 11.0. The average Bonchev–Trinajstić information content (AvgIpc) is 3.06. The molecule has 0 fully saturated rings. The number of hydrogen-bond acceptors (Lipinski definition) is 6. The summed E-state index contributed by atoms with van der Waals surface area (Å²) in [6, 6.07) is 7.94. The first-order valence-electron chi connectivity index (χ1n) is 7.33. The number of hydrogen-bond donors (Lipinski definition) is 2. The summed E-state index contributed by atoms with van der Waals surface area (Å²) < 4.78 is 7.27. The van der Waals surface area contributed by atoms with Crippen LogP contribution in [0.25, 0.3) is 33.3 Å². The van der Waals surface area contributed by atoms with Crippen molar-refractivity contribution in [1.29, 1.82) is 0 Å². The van der Waals surface area contributed by atoms with Crippen LogP contribution < -0.4 is 11.5 Å². The summed E-state index contributed by atoms with van der Waals surface area (Å²) in [6.07, 6.45) is 1.70. The van der Waals surface area contributed by atoms with Gasteiger partial charge in [-0.05, 0) is 38.1 Å². The highest BCUT2D eigenvalue weighted by Gasteiger charge is 2.18. The fourth-order valence-corrected chi connectivity index (χ4v) is 2.80. The predicted molar refractivity (Wildman–Crippen MR) is 89.7 cm³/mol. The number of nitrogen functional groups attached to an aromatic ring is 2. The lowest BCUT2D eigenvalue weighted by atomic mass is 10.1. The van der Waals surface area contributed by atoms with Crippen molar-refractivity contribution in [1.82, 2.24) is 19.7 Å². The summed E-state index contributed by atoms with van der Waals surface area (Å²) in [5.74, 6) is 0.462. The van der Waals surface area contributed by atoms with Gasteiger partial charge in [-0.15, -0.1) is 0 Å². The molecule has 4 rings (SSSR count). The van der Waals surface area contributed by atoms with Crippen molar-refractivity contribution < 1.29 is 4.42 Å². The minimum atomic E-state index is 0.149. The van der Waals surface area contributed by atoms with Gasteiger partial charge in [0.25, 0.3) is 6.01 Å². The monoisotopic (exact) mass is 308 g/mol. The van der Waals surface area contributed by atoms with Crippen LogP contribution in [0.15, 0.2) is 34.9 Å². The lowest BCUT2D eigenvalue weighted by molar-refractivity contribution is 0.552. The summed E-state index contributed by atoms with van der Waals surface area (Å²) in [4.78, 5) is 8.38. The van der Waals surface area contributed by atoms with Gasteiger partial charge in [0.05, 0.1) is 10.9 Å². The van der Waals surface area contributed by atoms with E-state index in [0.717, 1.165) is 22.2 Å². The summed E-state index contributed by atoms with van der Waals surface area (Å²) in [7, 11) is 0. The third-order valence-electron chi connectivity index (χ3n) is 3.82. The molecule has 7 nitrogen and oxygen atoms in total. The van der Waals surface area contributed by atoms with Crippen LogP contribution in [-0.4, -0.2) is 19.7 Å². The largest absolute Gasteiger partial charge is 0.424 e. The van der Waals surface area contributed by atoms with E-state index in [1.165, 1.54) is 0 Å². The maximum atomic E-state index is 6.11. The Morgan fingerprint density at radius 2 is 2.00 bits per heavy atom. The van der Waals surface area contributed by atoms with Crippen LogP contribution in [0, 0.1) is 0 Å². The van der Waals surface area contributed by atoms with Crippen LogP contribution in [0.5, 0.6) is 0 Å². The quantitative estimate of drug-likeness (QED) is 0.589. The van der Waals surface area contributed by atoms with E-state index in [0.29, 0.717) is 16.9 Å². The molecule has 0 saturated heterocycles. The van der Waals surface area contributed by atoms with E-state index < -0.39 is 0 Å². The number of pyridine rings is 1. The Bertz CT molecular complexity index is 1030. The van der Waals surface area contributed by atoms with Gasteiger partial charge in [-0.3, -0.25) is 4.68 Å². The molecule has 0 aliphatic carbocycles. The standard InChI is InChI=1S/C16H16N6O/c1-8(2)22-11-5-6-19-15(17)13(11)14(21-22)9-3-4-12-10(7-9)20-16(18)23-12/h3-8H,1-2H3,(H2,17,19)(H2,18,20). The third kappa shape index (κ3) is 2.01. The van der Waals surface area contributed by atoms with Gasteiger partial charge in [-0.25, -0.2) is 4.98 Å². The SMILES string of the molecule is CC(C)n1nc(-c2ccc3oc(N)nc3c2)c2c(N)nccc21. The van der Waals surface area contributed by atoms with Crippen LogP contribution in [0.1, 0.15) is 19.9 Å². The van der Waals surface area contributed by atoms with Crippen molar-refractivity contribution in [3.63, 3.8) is 0 Å². The molecule has 4 aromatic rings. The van der Waals surface area contributed by atoms with E-state index in [1.807, 2.05) is 28.9 Å². The minimum absolute atomic E-state index is 0.149. The predicted octanol–water partition coefficient (Wildman–Crippen LogP) is 2.98. The number of anilines is 2. The van der Waals surface area contributed by atoms with Gasteiger partial charge in [0.1, 0.15) is 17.0 Å². The number of fused-ring (bicyclic) bond motifs is 2. The van der Waals surface area contributed by atoms with Crippen molar-refractivity contribution in [2.24, 2.45) is 0 Å². The Balaban J connectivity index is 2.03. The highest BCUT2D eigenvalue weighted by Crippen LogP contribution is 2.34. The number of nitrogens with two attached hydrogens (primary N) is 2. The molecule has 1 aromatic carbocycles. The molecular formula is C16H16N6O. The Morgan fingerprint density at radius 3 is 2.78 bits per heavy atom. The van der Waals surface area contributed by atoms with Crippen molar-refractivity contribution >= 4 is 33.8 Å². The Labute approximate surface area is 131 Å². The molecule has 0 amide bonds. The number of rotatable bonds is 2. The minimum Gasteiger partial charge on any atom is -0.424 e. The smallest absolute Gasteiger partial charge is 0.292 e. The fourth-order valence-electron chi connectivity index (χ4n) is 2.80. The Morgan fingerprint density at radius 1 is 1.17 bits per heavy atom. The second-order valence-corrected chi connectivity index (χ2v) is 5.71. The van der Waals surface area contributed by atoms with E-state index in [1.54, 1.807) is 6.20 Å². The van der Waals surface area contributed by atoms with Crippen molar-refractivity contribution in [3.8, 4) is 11.3 Å². The van der Waals surface area contributed by atoms with Crippen LogP contribution in [0.2, 0.25) is 0 Å². The van der Waals surface area contributed by atoms with Gasteiger partial charge in [0.15, 0.2) is 5.58 Å². The number of aromatic nitrogens is 4. The number of oxazole rings is 1. The molecule has 0 spiro atoms. The fraction of sp³-hybridized carbons (Fsp3) is 0.188. The Hall–Kier alpha value is -3.09. The molecule has 116 valence electrons. The Kier molecular flexibility index (Phi) is 2.77. The molecule has 0 saturated carbocycles. The average molecular weight is 308 g/mol. The summed E-state index contributed by atoms with van der Waals surface area (Å²) in [5, 5.41) is 5.59. The first kappa shape index (κ1) is 13.6. The topological polar surface area (TPSA) is 109 Å². The highest BCUT2D eigenvalue weighted by atomic mass is 16.4. The number of nitrogens with zero attached hydrogens (tertiary/aromatic N) is 4. The van der Waals surface area contributed by atoms with Crippen LogP contribution in [0.3, 0.4) is 0 Å². The summed E-state index contributed by atoms with van der Waals surface area (Å²) in [6.45, 7) is 4.16. The van der Waals surface area contributed by atoms with Gasteiger partial charge in [0.2, 0.25) is 0 Å². The van der Waals surface area contributed by atoms with E-state index in [2.05, 4.69) is 23.8 Å². The lowest BCUT2D eigenvalue weighted by Gasteiger charge is -2.06. The maximum absolute atomic E-state index is 6.11. The van der Waals surface area contributed by atoms with E-state index in [-0.39, 0.29) is 12.1 Å². The van der Waals surface area contributed by atoms with Crippen LogP contribution in [0.4, 0.5) is 11.8 Å². The summed E-state index contributed by atoms with van der Waals surface area (Å²) in [5.41, 5.74) is 15.7. The molecule has 23 heavy (non-hydrogen) atoms. The van der Waals surface area contributed by atoms with Crippen molar-refractivity contribution in [2.45, 2.75) is 19.9 Å².